The van der Waals surface area contributed by atoms with Gasteiger partial charge < -0.3 is 5.32 Å². The van der Waals surface area contributed by atoms with Crippen molar-refractivity contribution in [2.75, 3.05) is 24.7 Å². The number of likely N-dealkylation sites (tertiary alicyclic amines) is 1. The molecule has 0 unspecified atom stereocenters. The topological polar surface area (TPSA) is 66.5 Å². The van der Waals surface area contributed by atoms with E-state index in [0.29, 0.717) is 13.0 Å². The zero-order valence-electron chi connectivity index (χ0n) is 12.8. The Hall–Kier alpha value is -1.40. The second-order valence-electron chi connectivity index (χ2n) is 6.29. The first-order valence-corrected chi connectivity index (χ1v) is 9.72. The summed E-state index contributed by atoms with van der Waals surface area (Å²) in [6.07, 6.45) is 4.39. The number of benzene rings is 1. The van der Waals surface area contributed by atoms with Crippen molar-refractivity contribution in [3.8, 4) is 0 Å². The maximum atomic E-state index is 12.5. The molecule has 0 radical (unpaired) electrons. The molecule has 1 fully saturated rings. The van der Waals surface area contributed by atoms with Crippen molar-refractivity contribution in [1.29, 1.82) is 0 Å². The smallest absolute Gasteiger partial charge is 0.241 e. The average molecular weight is 322 g/mol. The highest BCUT2D eigenvalue weighted by Gasteiger charge is 2.35. The number of carbonyl (C=O) groups is 1. The van der Waals surface area contributed by atoms with Crippen LogP contribution in [0.15, 0.2) is 24.3 Å². The van der Waals surface area contributed by atoms with Gasteiger partial charge >= 0.3 is 0 Å². The molecule has 2 atom stereocenters. The molecule has 3 rings (SSSR count). The van der Waals surface area contributed by atoms with Crippen LogP contribution in [-0.2, 0) is 21.1 Å². The van der Waals surface area contributed by atoms with Gasteiger partial charge in [0, 0.05) is 18.5 Å². The number of carbonyl (C=O) groups excluding carboxylic acids is 1. The van der Waals surface area contributed by atoms with E-state index < -0.39 is 9.84 Å². The number of fused-ring (bicyclic) bond motifs is 1. The molecule has 0 aliphatic carbocycles. The normalized spacial score (nSPS) is 26.9. The van der Waals surface area contributed by atoms with E-state index in [2.05, 4.69) is 10.2 Å². The number of sulfone groups is 1. The van der Waals surface area contributed by atoms with Crippen LogP contribution >= 0.6 is 0 Å². The molecule has 2 aliphatic rings. The van der Waals surface area contributed by atoms with E-state index in [9.17, 15) is 13.2 Å². The summed E-state index contributed by atoms with van der Waals surface area (Å²) < 4.78 is 23.6. The Labute approximate surface area is 131 Å². The molecule has 1 amide bonds. The van der Waals surface area contributed by atoms with Gasteiger partial charge in [0.1, 0.15) is 0 Å². The summed E-state index contributed by atoms with van der Waals surface area (Å²) in [6, 6.07) is 7.61. The van der Waals surface area contributed by atoms with Crippen LogP contribution in [0.25, 0.3) is 0 Å². The molecule has 1 aromatic carbocycles. The minimum Gasteiger partial charge on any atom is -0.324 e. The highest BCUT2D eigenvalue weighted by Crippen LogP contribution is 2.26. The molecule has 22 heavy (non-hydrogen) atoms. The van der Waals surface area contributed by atoms with Crippen molar-refractivity contribution in [2.24, 2.45) is 0 Å². The number of nitrogens with zero attached hydrogens (tertiary/aromatic N) is 1. The maximum absolute atomic E-state index is 12.5. The van der Waals surface area contributed by atoms with Gasteiger partial charge in [0.25, 0.3) is 0 Å². The second-order valence-corrected chi connectivity index (χ2v) is 8.62. The van der Waals surface area contributed by atoms with Gasteiger partial charge in [-0.25, -0.2) is 8.42 Å². The van der Waals surface area contributed by atoms with Crippen molar-refractivity contribution in [3.05, 3.63) is 29.8 Å². The van der Waals surface area contributed by atoms with E-state index in [1.807, 2.05) is 24.3 Å². The number of amides is 1. The highest BCUT2D eigenvalue weighted by atomic mass is 32.2. The van der Waals surface area contributed by atoms with Crippen LogP contribution in [0.1, 0.15) is 24.8 Å². The Balaban J connectivity index is 1.77. The standard InChI is InChI=1S/C16H22N2O3S/c1-22(20,21)13-6-4-10-18(11-13)15-9-8-12-5-2-3-7-14(12)17-16(15)19/h2-3,5,7,13,15H,4,6,8-11H2,1H3,(H,17,19)/t13-,15+/m1/s1. The van der Waals surface area contributed by atoms with Gasteiger partial charge in [-0.3, -0.25) is 9.69 Å². The van der Waals surface area contributed by atoms with Crippen LogP contribution in [0, 0.1) is 0 Å². The quantitative estimate of drug-likeness (QED) is 0.895. The fourth-order valence-electron chi connectivity index (χ4n) is 3.45. The minimum atomic E-state index is -3.05. The Morgan fingerprint density at radius 1 is 1.23 bits per heavy atom. The summed E-state index contributed by atoms with van der Waals surface area (Å²) in [4.78, 5) is 14.6. The number of para-hydroxylation sites is 1. The Bertz CT molecular complexity index is 672. The van der Waals surface area contributed by atoms with Crippen LogP contribution in [-0.4, -0.2) is 49.9 Å². The van der Waals surface area contributed by atoms with Gasteiger partial charge in [-0.05, 0) is 43.9 Å². The predicted molar refractivity (Wildman–Crippen MR) is 86.6 cm³/mol. The van der Waals surface area contributed by atoms with Crippen molar-refractivity contribution in [3.63, 3.8) is 0 Å². The summed E-state index contributed by atoms with van der Waals surface area (Å²) in [5.41, 5.74) is 2.03. The van der Waals surface area contributed by atoms with E-state index in [0.717, 1.165) is 37.1 Å². The van der Waals surface area contributed by atoms with E-state index in [1.165, 1.54) is 6.26 Å². The molecule has 1 N–H and O–H groups in total. The third kappa shape index (κ3) is 3.17. The van der Waals surface area contributed by atoms with Crippen molar-refractivity contribution < 1.29 is 13.2 Å². The van der Waals surface area contributed by atoms with E-state index in [1.54, 1.807) is 0 Å². The largest absolute Gasteiger partial charge is 0.324 e. The summed E-state index contributed by atoms with van der Waals surface area (Å²) in [6.45, 7) is 1.26. The molecule has 5 nitrogen and oxygen atoms in total. The maximum Gasteiger partial charge on any atom is 0.241 e. The van der Waals surface area contributed by atoms with Gasteiger partial charge in [-0.1, -0.05) is 18.2 Å². The first kappa shape index (κ1) is 15.5. The molecule has 1 aromatic rings. The monoisotopic (exact) mass is 322 g/mol. The third-order valence-corrected chi connectivity index (χ3v) is 6.32. The first-order chi connectivity index (χ1) is 10.4. The van der Waals surface area contributed by atoms with Gasteiger partial charge in [-0.15, -0.1) is 0 Å². The minimum absolute atomic E-state index is 0.0147. The van der Waals surface area contributed by atoms with Gasteiger partial charge in [0.05, 0.1) is 11.3 Å². The SMILES string of the molecule is CS(=O)(=O)[C@@H]1CCCN([C@H]2CCc3ccccc3NC2=O)C1. The zero-order valence-corrected chi connectivity index (χ0v) is 13.6. The summed E-state index contributed by atoms with van der Waals surface area (Å²) >= 11 is 0. The number of hydrogen-bond acceptors (Lipinski definition) is 4. The van der Waals surface area contributed by atoms with Crippen LogP contribution in [0.4, 0.5) is 5.69 Å². The highest BCUT2D eigenvalue weighted by molar-refractivity contribution is 7.91. The third-order valence-electron chi connectivity index (χ3n) is 4.72. The number of nitrogens with one attached hydrogen (secondary N) is 1. The fourth-order valence-corrected chi connectivity index (χ4v) is 4.50. The molecule has 2 heterocycles. The Kier molecular flexibility index (Phi) is 4.23. The second kappa shape index (κ2) is 6.01. The van der Waals surface area contributed by atoms with Crippen molar-refractivity contribution >= 4 is 21.4 Å². The zero-order chi connectivity index (χ0) is 15.7. The number of rotatable bonds is 2. The number of hydrogen-bond donors (Lipinski definition) is 1. The molecule has 0 saturated carbocycles. The number of anilines is 1. The van der Waals surface area contributed by atoms with Crippen molar-refractivity contribution in [2.45, 2.75) is 37.0 Å². The van der Waals surface area contributed by atoms with Gasteiger partial charge in [0.2, 0.25) is 5.91 Å². The fraction of sp³-hybridized carbons (Fsp3) is 0.562. The average Bonchev–Trinajstić information content (AvgIpc) is 2.65. The molecule has 6 heteroatoms. The van der Waals surface area contributed by atoms with Crippen LogP contribution in [0.3, 0.4) is 0 Å². The lowest BCUT2D eigenvalue weighted by atomic mass is 10.0. The van der Waals surface area contributed by atoms with Gasteiger partial charge in [0.15, 0.2) is 9.84 Å². The van der Waals surface area contributed by atoms with Gasteiger partial charge in [-0.2, -0.15) is 0 Å². The lowest BCUT2D eigenvalue weighted by Gasteiger charge is -2.36. The van der Waals surface area contributed by atoms with Crippen LogP contribution < -0.4 is 5.32 Å². The van der Waals surface area contributed by atoms with Crippen LogP contribution in [0.5, 0.6) is 0 Å². The number of aryl methyl sites for hydroxylation is 1. The lowest BCUT2D eigenvalue weighted by molar-refractivity contribution is -0.121. The molecule has 120 valence electrons. The van der Waals surface area contributed by atoms with E-state index >= 15 is 0 Å². The summed E-state index contributed by atoms with van der Waals surface area (Å²) in [5.74, 6) is -0.0147. The molecular weight excluding hydrogens is 300 g/mol. The molecule has 1 saturated heterocycles. The van der Waals surface area contributed by atoms with Crippen molar-refractivity contribution in [1.82, 2.24) is 4.90 Å². The lowest BCUT2D eigenvalue weighted by Crippen LogP contribution is -2.51. The molecule has 0 aromatic heterocycles. The summed E-state index contributed by atoms with van der Waals surface area (Å²) in [5, 5.41) is 2.65. The van der Waals surface area contributed by atoms with E-state index in [-0.39, 0.29) is 17.2 Å². The Morgan fingerprint density at radius 3 is 2.77 bits per heavy atom. The van der Waals surface area contributed by atoms with Crippen LogP contribution in [0.2, 0.25) is 0 Å². The molecule has 0 spiro atoms. The molecular formula is C16H22N2O3S. The Morgan fingerprint density at radius 2 is 2.00 bits per heavy atom. The predicted octanol–water partition coefficient (Wildman–Crippen LogP) is 1.45. The molecule has 2 aliphatic heterocycles. The molecule has 0 bridgehead atoms. The summed E-state index contributed by atoms with van der Waals surface area (Å²) in [7, 11) is -3.05. The van der Waals surface area contributed by atoms with E-state index in [4.69, 9.17) is 0 Å². The first-order valence-electron chi connectivity index (χ1n) is 7.77. The number of piperidine rings is 1.